The van der Waals surface area contributed by atoms with Crippen LogP contribution in [0.3, 0.4) is 0 Å². The Bertz CT molecular complexity index is 389. The predicted octanol–water partition coefficient (Wildman–Crippen LogP) is 3.38. The van der Waals surface area contributed by atoms with Gasteiger partial charge in [-0.3, -0.25) is 0 Å². The number of benzene rings is 1. The van der Waals surface area contributed by atoms with Gasteiger partial charge in [0, 0.05) is 12.1 Å². The second-order valence-electron chi connectivity index (χ2n) is 5.74. The van der Waals surface area contributed by atoms with Crippen molar-refractivity contribution in [1.82, 2.24) is 10.2 Å². The first-order valence-electron chi connectivity index (χ1n) is 7.79. The van der Waals surface area contributed by atoms with Crippen LogP contribution in [0, 0.1) is 0 Å². The second kappa shape index (κ2) is 7.06. The summed E-state index contributed by atoms with van der Waals surface area (Å²) in [6, 6.07) is 10.1. The molecule has 0 amide bonds. The van der Waals surface area contributed by atoms with Gasteiger partial charge in [-0.1, -0.05) is 44.5 Å². The van der Waals surface area contributed by atoms with Crippen LogP contribution < -0.4 is 5.32 Å². The molecular formula is C17H28N2. The number of nitrogens with zero attached hydrogens (tertiary/aromatic N) is 1. The van der Waals surface area contributed by atoms with Crippen molar-refractivity contribution >= 4 is 0 Å². The zero-order chi connectivity index (χ0) is 13.7. The van der Waals surface area contributed by atoms with E-state index in [1.165, 1.54) is 43.4 Å². The van der Waals surface area contributed by atoms with E-state index in [1.54, 1.807) is 0 Å². The fraction of sp³-hybridized carbons (Fsp3) is 0.647. The van der Waals surface area contributed by atoms with Crippen molar-refractivity contribution in [3.63, 3.8) is 0 Å². The fourth-order valence-electron chi connectivity index (χ4n) is 3.10. The van der Waals surface area contributed by atoms with Gasteiger partial charge in [0.1, 0.15) is 0 Å². The summed E-state index contributed by atoms with van der Waals surface area (Å²) in [6.45, 7) is 6.82. The number of fused-ring (bicyclic) bond motifs is 1. The van der Waals surface area contributed by atoms with E-state index < -0.39 is 0 Å². The topological polar surface area (TPSA) is 15.3 Å². The fourth-order valence-corrected chi connectivity index (χ4v) is 3.10. The quantitative estimate of drug-likeness (QED) is 0.808. The predicted molar refractivity (Wildman–Crippen MR) is 82.5 cm³/mol. The van der Waals surface area contributed by atoms with E-state index in [-0.39, 0.29) is 0 Å². The molecule has 0 heterocycles. The third-order valence-electron chi connectivity index (χ3n) is 4.25. The lowest BCUT2D eigenvalue weighted by Gasteiger charge is -2.30. The van der Waals surface area contributed by atoms with E-state index in [0.29, 0.717) is 12.1 Å². The molecule has 1 aliphatic rings. The van der Waals surface area contributed by atoms with E-state index in [9.17, 15) is 0 Å². The van der Waals surface area contributed by atoms with Gasteiger partial charge < -0.3 is 10.2 Å². The summed E-state index contributed by atoms with van der Waals surface area (Å²) in [4.78, 5) is 2.55. The molecule has 0 aromatic heterocycles. The highest BCUT2D eigenvalue weighted by atomic mass is 15.2. The maximum absolute atomic E-state index is 3.75. The summed E-state index contributed by atoms with van der Waals surface area (Å²) in [7, 11) is 2.28. The molecule has 0 fully saturated rings. The molecule has 2 atom stereocenters. The van der Waals surface area contributed by atoms with Gasteiger partial charge in [0.2, 0.25) is 0 Å². The first kappa shape index (κ1) is 14.5. The van der Waals surface area contributed by atoms with Gasteiger partial charge in [0.05, 0.1) is 0 Å². The summed E-state index contributed by atoms with van der Waals surface area (Å²) in [6.07, 6.45) is 4.96. The summed E-state index contributed by atoms with van der Waals surface area (Å²) >= 11 is 0. The van der Waals surface area contributed by atoms with Crippen LogP contribution in [0.2, 0.25) is 0 Å². The SMILES string of the molecule is CCCCN(C)C1Cc2ccccc2C1NCCC. The Hall–Kier alpha value is -0.860. The van der Waals surface area contributed by atoms with Crippen molar-refractivity contribution in [3.05, 3.63) is 35.4 Å². The molecule has 2 nitrogen and oxygen atoms in total. The minimum absolute atomic E-state index is 0.512. The summed E-state index contributed by atoms with van der Waals surface area (Å²) in [5.74, 6) is 0. The molecule has 1 aliphatic carbocycles. The number of likely N-dealkylation sites (N-methyl/N-ethyl adjacent to an activating group) is 1. The van der Waals surface area contributed by atoms with Crippen molar-refractivity contribution in [2.75, 3.05) is 20.1 Å². The van der Waals surface area contributed by atoms with Crippen LogP contribution in [0.5, 0.6) is 0 Å². The number of nitrogens with one attached hydrogen (secondary N) is 1. The molecule has 0 radical (unpaired) electrons. The van der Waals surface area contributed by atoms with Gasteiger partial charge in [0.15, 0.2) is 0 Å². The Labute approximate surface area is 118 Å². The Morgan fingerprint density at radius 2 is 2.00 bits per heavy atom. The van der Waals surface area contributed by atoms with Gasteiger partial charge in [0.25, 0.3) is 0 Å². The number of unbranched alkanes of at least 4 members (excludes halogenated alkanes) is 1. The molecule has 2 unspecified atom stereocenters. The van der Waals surface area contributed by atoms with Crippen molar-refractivity contribution in [1.29, 1.82) is 0 Å². The normalized spacial score (nSPS) is 21.9. The van der Waals surface area contributed by atoms with E-state index in [2.05, 4.69) is 55.4 Å². The molecule has 1 aromatic carbocycles. The lowest BCUT2D eigenvalue weighted by molar-refractivity contribution is 0.201. The van der Waals surface area contributed by atoms with E-state index in [1.807, 2.05) is 0 Å². The van der Waals surface area contributed by atoms with E-state index >= 15 is 0 Å². The third-order valence-corrected chi connectivity index (χ3v) is 4.25. The average Bonchev–Trinajstić information content (AvgIpc) is 2.81. The number of hydrogen-bond donors (Lipinski definition) is 1. The zero-order valence-corrected chi connectivity index (χ0v) is 12.7. The molecule has 1 N–H and O–H groups in total. The summed E-state index contributed by atoms with van der Waals surface area (Å²) < 4.78 is 0. The van der Waals surface area contributed by atoms with Crippen LogP contribution in [0.25, 0.3) is 0 Å². The first-order chi connectivity index (χ1) is 9.27. The lowest BCUT2D eigenvalue weighted by Crippen LogP contribution is -2.41. The van der Waals surface area contributed by atoms with Crippen LogP contribution in [0.4, 0.5) is 0 Å². The van der Waals surface area contributed by atoms with E-state index in [0.717, 1.165) is 6.54 Å². The molecule has 1 aromatic rings. The first-order valence-corrected chi connectivity index (χ1v) is 7.79. The van der Waals surface area contributed by atoms with Gasteiger partial charge in [-0.25, -0.2) is 0 Å². The zero-order valence-electron chi connectivity index (χ0n) is 12.7. The second-order valence-corrected chi connectivity index (χ2v) is 5.74. The highest BCUT2D eigenvalue weighted by Crippen LogP contribution is 2.34. The van der Waals surface area contributed by atoms with Crippen molar-refractivity contribution in [2.24, 2.45) is 0 Å². The highest BCUT2D eigenvalue weighted by molar-refractivity contribution is 5.37. The van der Waals surface area contributed by atoms with Crippen LogP contribution >= 0.6 is 0 Å². The van der Waals surface area contributed by atoms with Crippen molar-refractivity contribution in [2.45, 2.75) is 51.6 Å². The minimum Gasteiger partial charge on any atom is -0.309 e. The van der Waals surface area contributed by atoms with Crippen molar-refractivity contribution in [3.8, 4) is 0 Å². The summed E-state index contributed by atoms with van der Waals surface area (Å²) in [5, 5.41) is 3.75. The van der Waals surface area contributed by atoms with Gasteiger partial charge in [-0.05, 0) is 50.5 Å². The van der Waals surface area contributed by atoms with Crippen molar-refractivity contribution < 1.29 is 0 Å². The Morgan fingerprint density at radius 3 is 2.74 bits per heavy atom. The molecule has 0 saturated heterocycles. The highest BCUT2D eigenvalue weighted by Gasteiger charge is 2.33. The number of hydrogen-bond acceptors (Lipinski definition) is 2. The number of rotatable bonds is 7. The van der Waals surface area contributed by atoms with Gasteiger partial charge in [-0.2, -0.15) is 0 Å². The van der Waals surface area contributed by atoms with Crippen LogP contribution in [-0.2, 0) is 6.42 Å². The van der Waals surface area contributed by atoms with Crippen LogP contribution in [0.15, 0.2) is 24.3 Å². The molecular weight excluding hydrogens is 232 g/mol. The Kier molecular flexibility index (Phi) is 5.41. The van der Waals surface area contributed by atoms with Gasteiger partial charge >= 0.3 is 0 Å². The minimum atomic E-state index is 0.512. The monoisotopic (exact) mass is 260 g/mol. The van der Waals surface area contributed by atoms with E-state index in [4.69, 9.17) is 0 Å². The van der Waals surface area contributed by atoms with Crippen LogP contribution in [-0.4, -0.2) is 31.1 Å². The molecule has 0 aliphatic heterocycles. The molecule has 0 saturated carbocycles. The maximum Gasteiger partial charge on any atom is 0.0484 e. The van der Waals surface area contributed by atoms with Gasteiger partial charge in [-0.15, -0.1) is 0 Å². The molecule has 2 heteroatoms. The molecule has 106 valence electrons. The standard InChI is InChI=1S/C17H28N2/c1-4-6-12-19(3)16-13-14-9-7-8-10-15(14)17(16)18-11-5-2/h7-10,16-18H,4-6,11-13H2,1-3H3. The lowest BCUT2D eigenvalue weighted by atomic mass is 10.1. The van der Waals surface area contributed by atoms with Crippen LogP contribution in [0.1, 0.15) is 50.3 Å². The summed E-state index contributed by atoms with van der Waals surface area (Å²) in [5.41, 5.74) is 3.05. The average molecular weight is 260 g/mol. The molecule has 0 bridgehead atoms. The molecule has 2 rings (SSSR count). The Balaban J connectivity index is 2.10. The maximum atomic E-state index is 3.75. The third kappa shape index (κ3) is 3.37. The molecule has 0 spiro atoms. The smallest absolute Gasteiger partial charge is 0.0484 e. The largest absolute Gasteiger partial charge is 0.309 e. The molecule has 19 heavy (non-hydrogen) atoms. The Morgan fingerprint density at radius 1 is 1.21 bits per heavy atom.